The summed E-state index contributed by atoms with van der Waals surface area (Å²) >= 11 is 0. The van der Waals surface area contributed by atoms with Gasteiger partial charge in [-0.1, -0.05) is 40.0 Å². The molecule has 0 amide bonds. The Morgan fingerprint density at radius 2 is 1.76 bits per heavy atom. The molecule has 102 valence electrons. The fourth-order valence-electron chi connectivity index (χ4n) is 2.53. The summed E-state index contributed by atoms with van der Waals surface area (Å²) in [6, 6.07) is 0. The lowest BCUT2D eigenvalue weighted by molar-refractivity contribution is 0.115. The smallest absolute Gasteiger partial charge is 0.0107 e. The molecule has 1 heterocycles. The molecule has 0 atom stereocenters. The first-order valence-corrected chi connectivity index (χ1v) is 7.63. The molecule has 1 aliphatic rings. The molecule has 2 heteroatoms. The van der Waals surface area contributed by atoms with E-state index in [0.29, 0.717) is 5.41 Å². The maximum absolute atomic E-state index is 3.56. The minimum Gasteiger partial charge on any atom is -0.315 e. The Morgan fingerprint density at radius 3 is 2.35 bits per heavy atom. The van der Waals surface area contributed by atoms with Crippen molar-refractivity contribution >= 4 is 0 Å². The summed E-state index contributed by atoms with van der Waals surface area (Å²) < 4.78 is 0. The van der Waals surface area contributed by atoms with Crippen molar-refractivity contribution in [3.05, 3.63) is 0 Å². The van der Waals surface area contributed by atoms with E-state index in [-0.39, 0.29) is 0 Å². The molecule has 0 saturated carbocycles. The molecule has 1 saturated heterocycles. The first kappa shape index (κ1) is 15.0. The second-order valence-corrected chi connectivity index (χ2v) is 5.96. The van der Waals surface area contributed by atoms with Crippen molar-refractivity contribution in [2.45, 2.75) is 59.3 Å². The van der Waals surface area contributed by atoms with Crippen molar-refractivity contribution in [1.29, 1.82) is 0 Å². The van der Waals surface area contributed by atoms with E-state index in [1.165, 1.54) is 71.2 Å². The molecule has 0 aliphatic carbocycles. The number of nitrogens with zero attached hydrogens (tertiary/aromatic N) is 1. The van der Waals surface area contributed by atoms with Crippen LogP contribution < -0.4 is 5.32 Å². The minimum absolute atomic E-state index is 0.630. The van der Waals surface area contributed by atoms with Gasteiger partial charge in [-0.2, -0.15) is 0 Å². The highest BCUT2D eigenvalue weighted by Crippen LogP contribution is 2.33. The van der Waals surface area contributed by atoms with Crippen LogP contribution in [0.2, 0.25) is 0 Å². The molecule has 0 radical (unpaired) electrons. The molecule has 0 spiro atoms. The molecule has 0 bridgehead atoms. The Labute approximate surface area is 108 Å². The largest absolute Gasteiger partial charge is 0.315 e. The van der Waals surface area contributed by atoms with Crippen molar-refractivity contribution in [3.63, 3.8) is 0 Å². The number of piperidine rings is 1. The van der Waals surface area contributed by atoms with Gasteiger partial charge >= 0.3 is 0 Å². The molecule has 1 rings (SSSR count). The first-order valence-electron chi connectivity index (χ1n) is 7.63. The number of rotatable bonds is 8. The lowest BCUT2D eigenvalue weighted by Gasteiger charge is -2.38. The number of hydrogen-bond acceptors (Lipinski definition) is 2. The van der Waals surface area contributed by atoms with E-state index in [4.69, 9.17) is 0 Å². The molecule has 1 aliphatic heterocycles. The Kier molecular flexibility index (Phi) is 7.14. The summed E-state index contributed by atoms with van der Waals surface area (Å²) in [7, 11) is 0. The van der Waals surface area contributed by atoms with E-state index >= 15 is 0 Å². The molecule has 0 aromatic heterocycles. The summed E-state index contributed by atoms with van der Waals surface area (Å²) in [5, 5.41) is 3.56. The molecule has 0 aromatic carbocycles. The van der Waals surface area contributed by atoms with Crippen molar-refractivity contribution in [2.75, 3.05) is 32.7 Å². The van der Waals surface area contributed by atoms with Gasteiger partial charge in [-0.05, 0) is 44.3 Å². The van der Waals surface area contributed by atoms with Crippen LogP contribution in [-0.4, -0.2) is 37.6 Å². The molecular weight excluding hydrogens is 208 g/mol. The van der Waals surface area contributed by atoms with Crippen LogP contribution in [0.1, 0.15) is 59.3 Å². The van der Waals surface area contributed by atoms with Gasteiger partial charge in [-0.3, -0.25) is 0 Å². The third kappa shape index (κ3) is 5.87. The maximum atomic E-state index is 3.56. The van der Waals surface area contributed by atoms with Crippen LogP contribution in [0.5, 0.6) is 0 Å². The Balaban J connectivity index is 1.99. The molecule has 1 fully saturated rings. The molecule has 0 unspecified atom stereocenters. The first-order chi connectivity index (χ1) is 8.20. The molecule has 17 heavy (non-hydrogen) atoms. The van der Waals surface area contributed by atoms with Gasteiger partial charge < -0.3 is 10.2 Å². The molecular formula is C15H32N2. The average molecular weight is 240 g/mol. The van der Waals surface area contributed by atoms with Gasteiger partial charge in [0.25, 0.3) is 0 Å². The van der Waals surface area contributed by atoms with Gasteiger partial charge in [-0.25, -0.2) is 0 Å². The number of nitrogens with one attached hydrogen (secondary N) is 1. The van der Waals surface area contributed by atoms with Crippen LogP contribution in [0.25, 0.3) is 0 Å². The highest BCUT2D eigenvalue weighted by Gasteiger charge is 2.27. The zero-order valence-electron chi connectivity index (χ0n) is 12.2. The van der Waals surface area contributed by atoms with Crippen LogP contribution in [0.15, 0.2) is 0 Å². The van der Waals surface area contributed by atoms with Crippen molar-refractivity contribution < 1.29 is 0 Å². The van der Waals surface area contributed by atoms with Crippen LogP contribution >= 0.6 is 0 Å². The molecule has 0 aromatic rings. The lowest BCUT2D eigenvalue weighted by atomic mass is 9.78. The van der Waals surface area contributed by atoms with Gasteiger partial charge in [0.15, 0.2) is 0 Å². The van der Waals surface area contributed by atoms with Gasteiger partial charge in [-0.15, -0.1) is 0 Å². The van der Waals surface area contributed by atoms with Gasteiger partial charge in [0, 0.05) is 13.1 Å². The predicted octanol–water partition coefficient (Wildman–Crippen LogP) is 3.28. The fourth-order valence-corrected chi connectivity index (χ4v) is 2.53. The standard InChI is InChI=1S/C15H32N2/c1-4-6-7-10-16-11-14-17-12-8-15(3,5-2)9-13-17/h16H,4-14H2,1-3H3. The second kappa shape index (κ2) is 8.10. The SMILES string of the molecule is CCCCCNCCN1CCC(C)(CC)CC1. The summed E-state index contributed by atoms with van der Waals surface area (Å²) in [6.45, 7) is 13.3. The lowest BCUT2D eigenvalue weighted by Crippen LogP contribution is -2.41. The van der Waals surface area contributed by atoms with Crippen LogP contribution in [-0.2, 0) is 0 Å². The van der Waals surface area contributed by atoms with E-state index in [2.05, 4.69) is 31.0 Å². The number of likely N-dealkylation sites (tertiary alicyclic amines) is 1. The third-order valence-electron chi connectivity index (χ3n) is 4.48. The van der Waals surface area contributed by atoms with Crippen molar-refractivity contribution in [2.24, 2.45) is 5.41 Å². The fraction of sp³-hybridized carbons (Fsp3) is 1.00. The summed E-state index contributed by atoms with van der Waals surface area (Å²) in [5.41, 5.74) is 0.630. The maximum Gasteiger partial charge on any atom is 0.0107 e. The average Bonchev–Trinajstić information content (AvgIpc) is 2.36. The quantitative estimate of drug-likeness (QED) is 0.655. The minimum atomic E-state index is 0.630. The summed E-state index contributed by atoms with van der Waals surface area (Å²) in [4.78, 5) is 2.63. The van der Waals surface area contributed by atoms with Crippen molar-refractivity contribution in [3.8, 4) is 0 Å². The number of unbranched alkanes of at least 4 members (excludes halogenated alkanes) is 2. The van der Waals surface area contributed by atoms with Gasteiger partial charge in [0.2, 0.25) is 0 Å². The van der Waals surface area contributed by atoms with Crippen LogP contribution in [0.3, 0.4) is 0 Å². The second-order valence-electron chi connectivity index (χ2n) is 5.96. The Bertz CT molecular complexity index is 183. The van der Waals surface area contributed by atoms with E-state index in [1.807, 2.05) is 0 Å². The monoisotopic (exact) mass is 240 g/mol. The highest BCUT2D eigenvalue weighted by molar-refractivity contribution is 4.81. The number of hydrogen-bond donors (Lipinski definition) is 1. The normalized spacial score (nSPS) is 20.6. The van der Waals surface area contributed by atoms with Crippen LogP contribution in [0.4, 0.5) is 0 Å². The van der Waals surface area contributed by atoms with E-state index in [9.17, 15) is 0 Å². The summed E-state index contributed by atoms with van der Waals surface area (Å²) in [6.07, 6.45) is 8.15. The molecule has 2 nitrogen and oxygen atoms in total. The third-order valence-corrected chi connectivity index (χ3v) is 4.48. The summed E-state index contributed by atoms with van der Waals surface area (Å²) in [5.74, 6) is 0. The zero-order valence-corrected chi connectivity index (χ0v) is 12.2. The van der Waals surface area contributed by atoms with E-state index < -0.39 is 0 Å². The Morgan fingerprint density at radius 1 is 1.06 bits per heavy atom. The zero-order chi connectivity index (χ0) is 12.6. The topological polar surface area (TPSA) is 15.3 Å². The Hall–Kier alpha value is -0.0800. The molecule has 1 N–H and O–H groups in total. The van der Waals surface area contributed by atoms with Crippen LogP contribution in [0, 0.1) is 5.41 Å². The predicted molar refractivity (Wildman–Crippen MR) is 76.5 cm³/mol. The van der Waals surface area contributed by atoms with Gasteiger partial charge in [0.05, 0.1) is 0 Å². The van der Waals surface area contributed by atoms with E-state index in [0.717, 1.165) is 0 Å². The highest BCUT2D eigenvalue weighted by atomic mass is 15.1. The van der Waals surface area contributed by atoms with E-state index in [1.54, 1.807) is 0 Å². The van der Waals surface area contributed by atoms with Crippen molar-refractivity contribution in [1.82, 2.24) is 10.2 Å². The van der Waals surface area contributed by atoms with Gasteiger partial charge in [0.1, 0.15) is 0 Å².